The van der Waals surface area contributed by atoms with Crippen LogP contribution in [0.5, 0.6) is 0 Å². The summed E-state index contributed by atoms with van der Waals surface area (Å²) >= 11 is 0. The number of hydrogen-bond donors (Lipinski definition) is 2. The molecule has 1 heterocycles. The Morgan fingerprint density at radius 3 is 2.78 bits per heavy atom. The number of nitrogens with one attached hydrogen (secondary N) is 1. The van der Waals surface area contributed by atoms with E-state index >= 15 is 0 Å². The van der Waals surface area contributed by atoms with Crippen molar-refractivity contribution in [1.82, 2.24) is 4.90 Å². The van der Waals surface area contributed by atoms with Gasteiger partial charge in [-0.1, -0.05) is 31.5 Å². The van der Waals surface area contributed by atoms with Crippen LogP contribution >= 0.6 is 0 Å². The number of carbonyl (C=O) groups is 2. The predicted octanol–water partition coefficient (Wildman–Crippen LogP) is 2.82. The molecule has 1 aromatic rings. The van der Waals surface area contributed by atoms with Crippen molar-refractivity contribution in [2.24, 2.45) is 0 Å². The summed E-state index contributed by atoms with van der Waals surface area (Å²) in [6.07, 6.45) is 3.29. The van der Waals surface area contributed by atoms with Gasteiger partial charge in [-0.25, -0.2) is 0 Å². The fraction of sp³-hybridized carbons (Fsp3) is 0.556. The molecule has 2 N–H and O–H groups in total. The first-order chi connectivity index (χ1) is 11.0. The highest BCUT2D eigenvalue weighted by Crippen LogP contribution is 2.24. The molecule has 5 nitrogen and oxygen atoms in total. The number of likely N-dealkylation sites (tertiary alicyclic amines) is 1. The van der Waals surface area contributed by atoms with Gasteiger partial charge in [-0.3, -0.25) is 14.5 Å². The molecule has 0 radical (unpaired) electrons. The van der Waals surface area contributed by atoms with Gasteiger partial charge in [-0.2, -0.15) is 0 Å². The number of rotatable bonds is 5. The molecule has 2 unspecified atom stereocenters. The maximum atomic E-state index is 12.7. The number of carbonyl (C=O) groups excluding carboxylic acids is 1. The molecule has 0 aliphatic carbocycles. The molecule has 126 valence electrons. The van der Waals surface area contributed by atoms with Crippen LogP contribution < -0.4 is 5.32 Å². The minimum Gasteiger partial charge on any atom is -0.480 e. The summed E-state index contributed by atoms with van der Waals surface area (Å²) in [5.74, 6) is -0.975. The highest BCUT2D eigenvalue weighted by Gasteiger charge is 2.34. The van der Waals surface area contributed by atoms with Gasteiger partial charge >= 0.3 is 5.97 Å². The lowest BCUT2D eigenvalue weighted by atomic mass is 9.99. The van der Waals surface area contributed by atoms with Crippen LogP contribution in [-0.2, 0) is 16.0 Å². The lowest BCUT2D eigenvalue weighted by molar-refractivity contribution is -0.146. The van der Waals surface area contributed by atoms with Crippen LogP contribution in [0.3, 0.4) is 0 Å². The number of nitrogens with zero attached hydrogens (tertiary/aromatic N) is 1. The standard InChI is InChI=1S/C18H26N2O3/c1-4-14-9-7-8-12(2)16(14)19-17(21)13(3)20-11-6-5-10-15(20)18(22)23/h7-9,13,15H,4-6,10-11H2,1-3H3,(H,19,21)(H,22,23). The van der Waals surface area contributed by atoms with Crippen molar-refractivity contribution >= 4 is 17.6 Å². The van der Waals surface area contributed by atoms with Crippen molar-refractivity contribution in [3.63, 3.8) is 0 Å². The van der Waals surface area contributed by atoms with E-state index in [2.05, 4.69) is 12.2 Å². The molecule has 2 rings (SSSR count). The SMILES string of the molecule is CCc1cccc(C)c1NC(=O)C(C)N1CCCCC1C(=O)O. The lowest BCUT2D eigenvalue weighted by Crippen LogP contribution is -2.53. The number of aliphatic carboxylic acids is 1. The van der Waals surface area contributed by atoms with Crippen molar-refractivity contribution in [2.75, 3.05) is 11.9 Å². The summed E-state index contributed by atoms with van der Waals surface area (Å²) in [5, 5.41) is 12.4. The third kappa shape index (κ3) is 3.91. The predicted molar refractivity (Wildman–Crippen MR) is 90.6 cm³/mol. The van der Waals surface area contributed by atoms with Crippen molar-refractivity contribution in [2.45, 2.75) is 58.5 Å². The highest BCUT2D eigenvalue weighted by molar-refractivity contribution is 5.96. The Morgan fingerprint density at radius 2 is 2.13 bits per heavy atom. The number of aryl methyl sites for hydroxylation is 2. The Kier molecular flexibility index (Phi) is 5.77. The zero-order chi connectivity index (χ0) is 17.0. The second-order valence-corrected chi connectivity index (χ2v) is 6.22. The quantitative estimate of drug-likeness (QED) is 0.876. The summed E-state index contributed by atoms with van der Waals surface area (Å²) in [5.41, 5.74) is 2.98. The first-order valence-electron chi connectivity index (χ1n) is 8.33. The molecule has 1 aliphatic rings. The molecule has 1 saturated heterocycles. The van der Waals surface area contributed by atoms with Gasteiger partial charge in [0.1, 0.15) is 6.04 Å². The zero-order valence-corrected chi connectivity index (χ0v) is 14.1. The highest BCUT2D eigenvalue weighted by atomic mass is 16.4. The topological polar surface area (TPSA) is 69.6 Å². The number of benzene rings is 1. The van der Waals surface area contributed by atoms with Gasteiger partial charge in [0.15, 0.2) is 0 Å². The summed E-state index contributed by atoms with van der Waals surface area (Å²) in [6, 6.07) is 4.94. The van der Waals surface area contributed by atoms with Gasteiger partial charge < -0.3 is 10.4 Å². The van der Waals surface area contributed by atoms with Crippen molar-refractivity contribution in [3.05, 3.63) is 29.3 Å². The average Bonchev–Trinajstić information content (AvgIpc) is 2.55. The van der Waals surface area contributed by atoms with E-state index < -0.39 is 18.1 Å². The van der Waals surface area contributed by atoms with Gasteiger partial charge in [0.25, 0.3) is 0 Å². The third-order valence-electron chi connectivity index (χ3n) is 4.69. The smallest absolute Gasteiger partial charge is 0.320 e. The molecule has 1 amide bonds. The minimum atomic E-state index is -0.838. The Hall–Kier alpha value is -1.88. The molecule has 23 heavy (non-hydrogen) atoms. The van der Waals surface area contributed by atoms with Crippen molar-refractivity contribution in [1.29, 1.82) is 0 Å². The summed E-state index contributed by atoms with van der Waals surface area (Å²) < 4.78 is 0. The first-order valence-corrected chi connectivity index (χ1v) is 8.33. The van der Waals surface area contributed by atoms with Gasteiger partial charge in [0.2, 0.25) is 5.91 Å². The van der Waals surface area contributed by atoms with Gasteiger partial charge in [-0.05, 0) is 50.8 Å². The van der Waals surface area contributed by atoms with Crippen LogP contribution in [0.25, 0.3) is 0 Å². The van der Waals surface area contributed by atoms with Crippen LogP contribution in [0.2, 0.25) is 0 Å². The molecular formula is C18H26N2O3. The van der Waals surface area contributed by atoms with Crippen LogP contribution in [0.15, 0.2) is 18.2 Å². The third-order valence-corrected chi connectivity index (χ3v) is 4.69. The number of anilines is 1. The van der Waals surface area contributed by atoms with Crippen molar-refractivity contribution < 1.29 is 14.7 Å². The molecule has 0 spiro atoms. The normalized spacial score (nSPS) is 20.0. The fourth-order valence-electron chi connectivity index (χ4n) is 3.26. The van der Waals surface area contributed by atoms with E-state index in [0.717, 1.165) is 36.1 Å². The molecule has 0 saturated carbocycles. The second kappa shape index (κ2) is 7.59. The Morgan fingerprint density at radius 1 is 1.39 bits per heavy atom. The lowest BCUT2D eigenvalue weighted by Gasteiger charge is -2.36. The van der Waals surface area contributed by atoms with Crippen LogP contribution in [0, 0.1) is 6.92 Å². The number of piperidine rings is 1. The molecular weight excluding hydrogens is 292 g/mol. The van der Waals surface area contributed by atoms with E-state index in [1.54, 1.807) is 6.92 Å². The Balaban J connectivity index is 2.15. The summed E-state index contributed by atoms with van der Waals surface area (Å²) in [4.78, 5) is 25.9. The van der Waals surface area contributed by atoms with E-state index in [1.165, 1.54) is 0 Å². The van der Waals surface area contributed by atoms with Crippen LogP contribution in [-0.4, -0.2) is 40.5 Å². The molecule has 1 aliphatic heterocycles. The summed E-state index contributed by atoms with van der Waals surface area (Å²) in [7, 11) is 0. The average molecular weight is 318 g/mol. The molecule has 2 atom stereocenters. The maximum absolute atomic E-state index is 12.7. The Labute approximate surface area is 137 Å². The maximum Gasteiger partial charge on any atom is 0.320 e. The molecule has 1 fully saturated rings. The van der Waals surface area contributed by atoms with Crippen LogP contribution in [0.4, 0.5) is 5.69 Å². The van der Waals surface area contributed by atoms with E-state index in [0.29, 0.717) is 13.0 Å². The van der Waals surface area contributed by atoms with E-state index in [-0.39, 0.29) is 5.91 Å². The molecule has 0 bridgehead atoms. The number of carboxylic acid groups (broad SMARTS) is 1. The second-order valence-electron chi connectivity index (χ2n) is 6.22. The Bertz CT molecular complexity index is 586. The molecule has 0 aromatic heterocycles. The summed E-state index contributed by atoms with van der Waals surface area (Å²) in [6.45, 7) is 6.47. The van der Waals surface area contributed by atoms with Crippen molar-refractivity contribution in [3.8, 4) is 0 Å². The van der Waals surface area contributed by atoms with E-state index in [4.69, 9.17) is 0 Å². The van der Waals surface area contributed by atoms with Crippen LogP contribution in [0.1, 0.15) is 44.2 Å². The number of para-hydroxylation sites is 1. The van der Waals surface area contributed by atoms with E-state index in [9.17, 15) is 14.7 Å². The fourth-order valence-corrected chi connectivity index (χ4v) is 3.26. The monoisotopic (exact) mass is 318 g/mol. The largest absolute Gasteiger partial charge is 0.480 e. The molecule has 5 heteroatoms. The number of carboxylic acids is 1. The zero-order valence-electron chi connectivity index (χ0n) is 14.1. The van der Waals surface area contributed by atoms with Gasteiger partial charge in [0.05, 0.1) is 6.04 Å². The van der Waals surface area contributed by atoms with Gasteiger partial charge in [-0.15, -0.1) is 0 Å². The minimum absolute atomic E-state index is 0.137. The number of hydrogen-bond acceptors (Lipinski definition) is 3. The number of amides is 1. The molecule has 1 aromatic carbocycles. The van der Waals surface area contributed by atoms with E-state index in [1.807, 2.05) is 30.0 Å². The first kappa shape index (κ1) is 17.5. The van der Waals surface area contributed by atoms with Gasteiger partial charge in [0, 0.05) is 5.69 Å².